The first-order chi connectivity index (χ1) is 12.7. The molecule has 0 aliphatic carbocycles. The largest absolute Gasteiger partial charge is 0.352 e. The fraction of sp³-hybridized carbons (Fsp3) is 0.381. The molecule has 0 N–H and O–H groups in total. The number of aromatic nitrogens is 2. The second-order valence-electron chi connectivity index (χ2n) is 7.22. The lowest BCUT2D eigenvalue weighted by Crippen LogP contribution is -2.48. The van der Waals surface area contributed by atoms with E-state index in [1.54, 1.807) is 0 Å². The summed E-state index contributed by atoms with van der Waals surface area (Å²) in [7, 11) is 4.28. The van der Waals surface area contributed by atoms with Crippen molar-refractivity contribution in [3.63, 3.8) is 0 Å². The Kier molecular flexibility index (Phi) is 4.91. The first-order valence-electron chi connectivity index (χ1n) is 9.37. The number of benzene rings is 2. The third-order valence-corrected chi connectivity index (χ3v) is 5.10. The van der Waals surface area contributed by atoms with E-state index in [0.29, 0.717) is 0 Å². The summed E-state index contributed by atoms with van der Waals surface area (Å²) in [5, 5.41) is 6.23. The molecule has 1 fully saturated rings. The first-order valence-corrected chi connectivity index (χ1v) is 9.37. The molecule has 2 heterocycles. The average Bonchev–Trinajstić information content (AvgIpc) is 3.07. The fourth-order valence-corrected chi connectivity index (χ4v) is 3.57. The zero-order chi connectivity index (χ0) is 17.9. The minimum Gasteiger partial charge on any atom is -0.352 e. The van der Waals surface area contributed by atoms with E-state index in [1.165, 1.54) is 10.9 Å². The predicted molar refractivity (Wildman–Crippen MR) is 108 cm³/mol. The van der Waals surface area contributed by atoms with Gasteiger partial charge in [0, 0.05) is 44.7 Å². The predicted octanol–water partition coefficient (Wildman–Crippen LogP) is 2.71. The van der Waals surface area contributed by atoms with Crippen LogP contribution in [-0.2, 0) is 0 Å². The molecule has 0 atom stereocenters. The van der Waals surface area contributed by atoms with Crippen molar-refractivity contribution in [2.24, 2.45) is 0 Å². The van der Waals surface area contributed by atoms with Crippen LogP contribution in [0.3, 0.4) is 0 Å². The molecule has 0 spiro atoms. The lowest BCUT2D eigenvalue weighted by atomic mass is 10.2. The maximum absolute atomic E-state index is 5.00. The summed E-state index contributed by atoms with van der Waals surface area (Å²) in [6, 6.07) is 18.9. The van der Waals surface area contributed by atoms with E-state index in [-0.39, 0.29) is 0 Å². The van der Waals surface area contributed by atoms with Gasteiger partial charge >= 0.3 is 0 Å². The van der Waals surface area contributed by atoms with Gasteiger partial charge in [0.2, 0.25) is 0 Å². The highest BCUT2D eigenvalue weighted by molar-refractivity contribution is 5.91. The standard InChI is InChI=1S/C21H27N5/c1-23(2)12-13-24-14-16-25(17-15-24)21-19-10-6-7-11-20(19)26(22-21)18-8-4-3-5-9-18/h3-11H,12-17H2,1-2H3. The van der Waals surface area contributed by atoms with Crippen LogP contribution in [0.15, 0.2) is 54.6 Å². The van der Waals surface area contributed by atoms with Crippen LogP contribution >= 0.6 is 0 Å². The zero-order valence-corrected chi connectivity index (χ0v) is 15.7. The number of rotatable bonds is 5. The van der Waals surface area contributed by atoms with Gasteiger partial charge in [0.15, 0.2) is 5.82 Å². The van der Waals surface area contributed by atoms with E-state index in [1.807, 2.05) is 6.07 Å². The molecular formula is C21H27N5. The summed E-state index contributed by atoms with van der Waals surface area (Å²) in [4.78, 5) is 7.24. The second-order valence-corrected chi connectivity index (χ2v) is 7.22. The third kappa shape index (κ3) is 3.45. The Bertz CT molecular complexity index is 847. The van der Waals surface area contributed by atoms with Gasteiger partial charge in [-0.15, -0.1) is 5.10 Å². The van der Waals surface area contributed by atoms with Crippen LogP contribution in [0, 0.1) is 0 Å². The van der Waals surface area contributed by atoms with E-state index in [4.69, 9.17) is 5.10 Å². The van der Waals surface area contributed by atoms with Crippen molar-refractivity contribution >= 4 is 16.7 Å². The highest BCUT2D eigenvalue weighted by Crippen LogP contribution is 2.29. The van der Waals surface area contributed by atoms with Crippen LogP contribution in [0.1, 0.15) is 0 Å². The molecule has 0 radical (unpaired) electrons. The van der Waals surface area contributed by atoms with Gasteiger partial charge in [-0.05, 0) is 38.4 Å². The molecule has 1 aromatic heterocycles. The van der Waals surface area contributed by atoms with Gasteiger partial charge in [-0.2, -0.15) is 0 Å². The maximum Gasteiger partial charge on any atom is 0.159 e. The van der Waals surface area contributed by atoms with Crippen molar-refractivity contribution in [3.8, 4) is 5.69 Å². The number of hydrogen-bond acceptors (Lipinski definition) is 4. The van der Waals surface area contributed by atoms with Crippen LogP contribution < -0.4 is 4.90 Å². The van der Waals surface area contributed by atoms with Gasteiger partial charge in [0.05, 0.1) is 11.2 Å². The van der Waals surface area contributed by atoms with Gasteiger partial charge < -0.3 is 9.80 Å². The zero-order valence-electron chi connectivity index (χ0n) is 15.7. The van der Waals surface area contributed by atoms with Gasteiger partial charge in [-0.25, -0.2) is 4.68 Å². The van der Waals surface area contributed by atoms with Crippen LogP contribution in [0.4, 0.5) is 5.82 Å². The third-order valence-electron chi connectivity index (χ3n) is 5.10. The van der Waals surface area contributed by atoms with E-state index in [0.717, 1.165) is 50.8 Å². The van der Waals surface area contributed by atoms with Crippen LogP contribution in [0.2, 0.25) is 0 Å². The average molecular weight is 349 g/mol. The molecule has 3 aromatic rings. The number of hydrogen-bond donors (Lipinski definition) is 0. The fourth-order valence-electron chi connectivity index (χ4n) is 3.57. The van der Waals surface area contributed by atoms with E-state index in [2.05, 4.69) is 82.0 Å². The van der Waals surface area contributed by atoms with Crippen LogP contribution in [-0.4, -0.2) is 72.9 Å². The van der Waals surface area contributed by atoms with E-state index in [9.17, 15) is 0 Å². The van der Waals surface area contributed by atoms with Crippen molar-refractivity contribution in [2.45, 2.75) is 0 Å². The Balaban J connectivity index is 1.58. The quantitative estimate of drug-likeness (QED) is 0.708. The molecule has 26 heavy (non-hydrogen) atoms. The molecule has 0 bridgehead atoms. The van der Waals surface area contributed by atoms with E-state index >= 15 is 0 Å². The highest BCUT2D eigenvalue weighted by Gasteiger charge is 2.22. The Morgan fingerprint density at radius 3 is 2.31 bits per heavy atom. The van der Waals surface area contributed by atoms with Crippen molar-refractivity contribution in [1.82, 2.24) is 19.6 Å². The molecular weight excluding hydrogens is 322 g/mol. The van der Waals surface area contributed by atoms with Crippen molar-refractivity contribution in [2.75, 3.05) is 58.3 Å². The summed E-state index contributed by atoms with van der Waals surface area (Å²) in [5.74, 6) is 1.11. The van der Waals surface area contributed by atoms with Crippen molar-refractivity contribution < 1.29 is 0 Å². The molecule has 5 heteroatoms. The van der Waals surface area contributed by atoms with Crippen molar-refractivity contribution in [1.29, 1.82) is 0 Å². The smallest absolute Gasteiger partial charge is 0.159 e. The molecule has 1 aliphatic rings. The topological polar surface area (TPSA) is 27.5 Å². The summed E-state index contributed by atoms with van der Waals surface area (Å²) >= 11 is 0. The lowest BCUT2D eigenvalue weighted by molar-refractivity contribution is 0.229. The number of para-hydroxylation sites is 2. The summed E-state index contributed by atoms with van der Waals surface area (Å²) in [6.07, 6.45) is 0. The SMILES string of the molecule is CN(C)CCN1CCN(c2nn(-c3ccccc3)c3ccccc23)CC1. The Morgan fingerprint density at radius 2 is 1.58 bits per heavy atom. The second kappa shape index (κ2) is 7.48. The summed E-state index contributed by atoms with van der Waals surface area (Å²) < 4.78 is 2.07. The number of piperazine rings is 1. The first kappa shape index (κ1) is 17.1. The molecule has 0 amide bonds. The number of fused-ring (bicyclic) bond motifs is 1. The van der Waals surface area contributed by atoms with Gasteiger partial charge in [0.1, 0.15) is 0 Å². The molecule has 4 rings (SSSR count). The van der Waals surface area contributed by atoms with Crippen molar-refractivity contribution in [3.05, 3.63) is 54.6 Å². The minimum absolute atomic E-state index is 1.03. The van der Waals surface area contributed by atoms with E-state index < -0.39 is 0 Å². The molecule has 1 saturated heterocycles. The summed E-state index contributed by atoms with van der Waals surface area (Å²) in [5.41, 5.74) is 2.28. The number of nitrogens with zero attached hydrogens (tertiary/aromatic N) is 5. The molecule has 1 aliphatic heterocycles. The number of anilines is 1. The van der Waals surface area contributed by atoms with Crippen LogP contribution in [0.5, 0.6) is 0 Å². The monoisotopic (exact) mass is 349 g/mol. The lowest BCUT2D eigenvalue weighted by Gasteiger charge is -2.35. The van der Waals surface area contributed by atoms with Crippen LogP contribution in [0.25, 0.3) is 16.6 Å². The number of likely N-dealkylation sites (N-methyl/N-ethyl adjacent to an activating group) is 1. The van der Waals surface area contributed by atoms with Gasteiger partial charge in [-0.3, -0.25) is 4.90 Å². The maximum atomic E-state index is 5.00. The highest BCUT2D eigenvalue weighted by atomic mass is 15.4. The Labute approximate surface area is 155 Å². The molecule has 2 aromatic carbocycles. The Hall–Kier alpha value is -2.37. The molecule has 5 nitrogen and oxygen atoms in total. The van der Waals surface area contributed by atoms with Gasteiger partial charge in [0.25, 0.3) is 0 Å². The summed E-state index contributed by atoms with van der Waals surface area (Å²) in [6.45, 7) is 6.51. The minimum atomic E-state index is 1.03. The van der Waals surface area contributed by atoms with Gasteiger partial charge in [-0.1, -0.05) is 30.3 Å². The molecule has 0 unspecified atom stereocenters. The molecule has 136 valence electrons. The Morgan fingerprint density at radius 1 is 0.885 bits per heavy atom. The molecule has 0 saturated carbocycles. The normalized spacial score (nSPS) is 15.9.